The average molecular weight is 298 g/mol. The summed E-state index contributed by atoms with van der Waals surface area (Å²) in [6.07, 6.45) is 0. The molecule has 114 valence electrons. The van der Waals surface area contributed by atoms with Gasteiger partial charge in [0.2, 0.25) is 10.0 Å². The van der Waals surface area contributed by atoms with Crippen molar-refractivity contribution in [2.45, 2.75) is 46.1 Å². The molecular formula is C15H26N2O2S. The van der Waals surface area contributed by atoms with E-state index in [4.69, 9.17) is 5.73 Å². The van der Waals surface area contributed by atoms with Crippen molar-refractivity contribution in [3.05, 3.63) is 29.3 Å². The molecule has 0 spiro atoms. The Labute approximate surface area is 122 Å². The van der Waals surface area contributed by atoms with Crippen LogP contribution in [0.1, 0.15) is 38.8 Å². The van der Waals surface area contributed by atoms with Gasteiger partial charge in [-0.2, -0.15) is 0 Å². The Hall–Kier alpha value is -0.910. The third kappa shape index (κ3) is 3.81. The molecule has 4 nitrogen and oxygen atoms in total. The monoisotopic (exact) mass is 298 g/mol. The van der Waals surface area contributed by atoms with E-state index in [9.17, 15) is 8.42 Å². The molecule has 20 heavy (non-hydrogen) atoms. The number of hydrogen-bond donors (Lipinski definition) is 2. The molecule has 0 aliphatic carbocycles. The Bertz CT molecular complexity index is 563. The molecule has 3 N–H and O–H groups in total. The summed E-state index contributed by atoms with van der Waals surface area (Å²) in [6, 6.07) is 5.21. The molecule has 1 rings (SSSR count). The molecular weight excluding hydrogens is 272 g/mol. The van der Waals surface area contributed by atoms with Gasteiger partial charge in [0.15, 0.2) is 0 Å². The van der Waals surface area contributed by atoms with Gasteiger partial charge in [0, 0.05) is 13.1 Å². The summed E-state index contributed by atoms with van der Waals surface area (Å²) in [4.78, 5) is 0.319. The molecule has 0 fully saturated rings. The zero-order chi connectivity index (χ0) is 15.6. The number of rotatable bonds is 6. The summed E-state index contributed by atoms with van der Waals surface area (Å²) in [7, 11) is -3.50. The summed E-state index contributed by atoms with van der Waals surface area (Å²) < 4.78 is 27.6. The first-order chi connectivity index (χ1) is 9.12. The molecule has 0 saturated carbocycles. The molecule has 1 aromatic rings. The van der Waals surface area contributed by atoms with Gasteiger partial charge in [0.1, 0.15) is 0 Å². The van der Waals surface area contributed by atoms with Crippen LogP contribution in [0.25, 0.3) is 0 Å². The lowest BCUT2D eigenvalue weighted by Crippen LogP contribution is -2.37. The van der Waals surface area contributed by atoms with Crippen LogP contribution >= 0.6 is 0 Å². The van der Waals surface area contributed by atoms with Crippen LogP contribution in [-0.4, -0.2) is 15.0 Å². The van der Waals surface area contributed by atoms with E-state index in [0.717, 1.165) is 11.1 Å². The summed E-state index contributed by atoms with van der Waals surface area (Å²) in [5.74, 6) is 0.390. The first kappa shape index (κ1) is 17.1. The molecule has 0 radical (unpaired) electrons. The third-order valence-electron chi connectivity index (χ3n) is 4.19. The van der Waals surface area contributed by atoms with Crippen molar-refractivity contribution in [1.82, 2.24) is 4.72 Å². The van der Waals surface area contributed by atoms with Crippen LogP contribution in [0.15, 0.2) is 23.1 Å². The number of benzene rings is 1. The van der Waals surface area contributed by atoms with E-state index in [2.05, 4.69) is 32.4 Å². The minimum atomic E-state index is -3.50. The predicted octanol–water partition coefficient (Wildman–Crippen LogP) is 2.41. The maximum Gasteiger partial charge on any atom is 0.240 e. The largest absolute Gasteiger partial charge is 0.326 e. The Kier molecular flexibility index (Phi) is 5.35. The van der Waals surface area contributed by atoms with Crippen molar-refractivity contribution in [3.63, 3.8) is 0 Å². The first-order valence-electron chi connectivity index (χ1n) is 6.90. The summed E-state index contributed by atoms with van der Waals surface area (Å²) in [5, 5.41) is 0. The zero-order valence-electron chi connectivity index (χ0n) is 13.0. The second-order valence-corrected chi connectivity index (χ2v) is 7.95. The van der Waals surface area contributed by atoms with Gasteiger partial charge in [0.25, 0.3) is 0 Å². The van der Waals surface area contributed by atoms with Crippen LogP contribution in [0.3, 0.4) is 0 Å². The standard InChI is InChI=1S/C15H26N2O2S/c1-11(2)15(4,5)10-17-20(18,19)14-8-6-7-13(9-16)12(14)3/h6-8,11,17H,9-10,16H2,1-5H3. The lowest BCUT2D eigenvalue weighted by atomic mass is 9.81. The number of nitrogens with two attached hydrogens (primary N) is 1. The highest BCUT2D eigenvalue weighted by atomic mass is 32.2. The number of nitrogens with one attached hydrogen (secondary N) is 1. The van der Waals surface area contributed by atoms with Gasteiger partial charge >= 0.3 is 0 Å². The van der Waals surface area contributed by atoms with Crippen LogP contribution in [-0.2, 0) is 16.6 Å². The van der Waals surface area contributed by atoms with Crippen molar-refractivity contribution < 1.29 is 8.42 Å². The van der Waals surface area contributed by atoms with Gasteiger partial charge in [-0.25, -0.2) is 13.1 Å². The van der Waals surface area contributed by atoms with Gasteiger partial charge in [-0.05, 0) is 35.4 Å². The Balaban J connectivity index is 3.01. The molecule has 0 bridgehead atoms. The highest BCUT2D eigenvalue weighted by Gasteiger charge is 2.26. The molecule has 0 aliphatic heterocycles. The molecule has 1 aromatic carbocycles. The Morgan fingerprint density at radius 1 is 1.30 bits per heavy atom. The van der Waals surface area contributed by atoms with Crippen LogP contribution in [0.2, 0.25) is 0 Å². The van der Waals surface area contributed by atoms with Gasteiger partial charge in [-0.3, -0.25) is 0 Å². The van der Waals surface area contributed by atoms with Crippen molar-refractivity contribution in [3.8, 4) is 0 Å². The maximum atomic E-state index is 12.4. The second-order valence-electron chi connectivity index (χ2n) is 6.21. The fourth-order valence-electron chi connectivity index (χ4n) is 1.74. The molecule has 0 aliphatic rings. The highest BCUT2D eigenvalue weighted by Crippen LogP contribution is 2.26. The maximum absolute atomic E-state index is 12.4. The van der Waals surface area contributed by atoms with E-state index in [0.29, 0.717) is 23.9 Å². The molecule has 0 heterocycles. The Morgan fingerprint density at radius 2 is 1.90 bits per heavy atom. The topological polar surface area (TPSA) is 72.2 Å². The number of hydrogen-bond acceptors (Lipinski definition) is 3. The van der Waals surface area contributed by atoms with Crippen LogP contribution in [0.4, 0.5) is 0 Å². The molecule has 0 atom stereocenters. The van der Waals surface area contributed by atoms with Crippen LogP contribution < -0.4 is 10.5 Å². The van der Waals surface area contributed by atoms with Crippen LogP contribution in [0, 0.1) is 18.3 Å². The van der Waals surface area contributed by atoms with Crippen LogP contribution in [0.5, 0.6) is 0 Å². The van der Waals surface area contributed by atoms with Crippen molar-refractivity contribution in [2.24, 2.45) is 17.1 Å². The SMILES string of the molecule is Cc1c(CN)cccc1S(=O)(=O)NCC(C)(C)C(C)C. The smallest absolute Gasteiger partial charge is 0.240 e. The fraction of sp³-hybridized carbons (Fsp3) is 0.600. The van der Waals surface area contributed by atoms with E-state index in [-0.39, 0.29) is 5.41 Å². The van der Waals surface area contributed by atoms with Crippen molar-refractivity contribution in [2.75, 3.05) is 6.54 Å². The number of sulfonamides is 1. The fourth-order valence-corrected chi connectivity index (χ4v) is 3.24. The van der Waals surface area contributed by atoms with Gasteiger partial charge in [-0.15, -0.1) is 0 Å². The van der Waals surface area contributed by atoms with E-state index in [1.165, 1.54) is 0 Å². The Morgan fingerprint density at radius 3 is 2.40 bits per heavy atom. The van der Waals surface area contributed by atoms with Gasteiger partial charge in [0.05, 0.1) is 4.90 Å². The molecule has 5 heteroatoms. The lowest BCUT2D eigenvalue weighted by Gasteiger charge is -2.29. The average Bonchev–Trinajstić information content (AvgIpc) is 2.36. The molecule has 0 unspecified atom stereocenters. The summed E-state index contributed by atoms with van der Waals surface area (Å²) >= 11 is 0. The van der Waals surface area contributed by atoms with E-state index in [1.807, 2.05) is 6.07 Å². The van der Waals surface area contributed by atoms with E-state index in [1.54, 1.807) is 19.1 Å². The molecule has 0 saturated heterocycles. The molecule has 0 amide bonds. The van der Waals surface area contributed by atoms with Crippen molar-refractivity contribution in [1.29, 1.82) is 0 Å². The quantitative estimate of drug-likeness (QED) is 0.847. The lowest BCUT2D eigenvalue weighted by molar-refractivity contribution is 0.252. The normalized spacial score (nSPS) is 12.9. The summed E-state index contributed by atoms with van der Waals surface area (Å²) in [5.41, 5.74) is 7.12. The van der Waals surface area contributed by atoms with Gasteiger partial charge < -0.3 is 5.73 Å². The van der Waals surface area contributed by atoms with Gasteiger partial charge in [-0.1, -0.05) is 39.8 Å². The van der Waals surface area contributed by atoms with E-state index < -0.39 is 10.0 Å². The van der Waals surface area contributed by atoms with Crippen molar-refractivity contribution >= 4 is 10.0 Å². The third-order valence-corrected chi connectivity index (χ3v) is 5.73. The first-order valence-corrected chi connectivity index (χ1v) is 8.38. The predicted molar refractivity (Wildman–Crippen MR) is 82.9 cm³/mol. The zero-order valence-corrected chi connectivity index (χ0v) is 13.8. The summed E-state index contributed by atoms with van der Waals surface area (Å²) in [6.45, 7) is 10.9. The highest BCUT2D eigenvalue weighted by molar-refractivity contribution is 7.89. The minimum absolute atomic E-state index is 0.0908. The second kappa shape index (κ2) is 6.24. The minimum Gasteiger partial charge on any atom is -0.326 e. The molecule has 0 aromatic heterocycles. The van der Waals surface area contributed by atoms with E-state index >= 15 is 0 Å².